The van der Waals surface area contributed by atoms with Gasteiger partial charge in [0.1, 0.15) is 6.54 Å². The van der Waals surface area contributed by atoms with E-state index in [4.69, 9.17) is 16.7 Å². The number of hydrogen-bond donors (Lipinski definition) is 1. The predicted octanol–water partition coefficient (Wildman–Crippen LogP) is 2.45. The van der Waals surface area contributed by atoms with Gasteiger partial charge < -0.3 is 10.0 Å². The summed E-state index contributed by atoms with van der Waals surface area (Å²) in [5, 5.41) is 9.39. The second-order valence-electron chi connectivity index (χ2n) is 4.48. The summed E-state index contributed by atoms with van der Waals surface area (Å²) in [5.74, 6) is -1.41. The molecule has 0 aliphatic heterocycles. The molecule has 0 fully saturated rings. The highest BCUT2D eigenvalue weighted by molar-refractivity contribution is 6.30. The van der Waals surface area contributed by atoms with Gasteiger partial charge in [0.2, 0.25) is 5.91 Å². The van der Waals surface area contributed by atoms with Crippen LogP contribution in [0.25, 0.3) is 0 Å². The summed E-state index contributed by atoms with van der Waals surface area (Å²) >= 11 is 5.89. The van der Waals surface area contributed by atoms with Crippen LogP contribution in [0.5, 0.6) is 0 Å². The molecule has 1 N–H and O–H groups in total. The van der Waals surface area contributed by atoms with Crippen LogP contribution in [0.4, 0.5) is 0 Å². The number of aliphatic carboxylic acids is 1. The number of carbonyl (C=O) groups excluding carboxylic acids is 1. The fourth-order valence-electron chi connectivity index (χ4n) is 1.93. The molecule has 1 atom stereocenters. The van der Waals surface area contributed by atoms with E-state index in [9.17, 15) is 9.59 Å². The van der Waals surface area contributed by atoms with E-state index < -0.39 is 5.97 Å². The molecular weight excluding hydrogens is 266 g/mol. The molecule has 1 unspecified atom stereocenters. The number of halogens is 1. The zero-order valence-electron chi connectivity index (χ0n) is 11.1. The van der Waals surface area contributed by atoms with Crippen LogP contribution in [-0.4, -0.2) is 35.0 Å². The number of likely N-dealkylation sites (N-methyl/N-ethyl adjacent to an activating group) is 1. The number of hydrogen-bond acceptors (Lipinski definition) is 2. The van der Waals surface area contributed by atoms with Crippen molar-refractivity contribution < 1.29 is 14.7 Å². The number of carboxylic acid groups (broad SMARTS) is 1. The van der Waals surface area contributed by atoms with Crippen LogP contribution in [0.15, 0.2) is 24.3 Å². The van der Waals surface area contributed by atoms with Gasteiger partial charge in [-0.25, -0.2) is 0 Å². The lowest BCUT2D eigenvalue weighted by Crippen LogP contribution is -2.39. The summed E-state index contributed by atoms with van der Waals surface area (Å²) in [6.45, 7) is 3.71. The minimum Gasteiger partial charge on any atom is -0.480 e. The van der Waals surface area contributed by atoms with Crippen LogP contribution in [0, 0.1) is 5.92 Å². The normalized spacial score (nSPS) is 11.9. The second kappa shape index (κ2) is 7.14. The van der Waals surface area contributed by atoms with Crippen molar-refractivity contribution in [1.29, 1.82) is 0 Å². The predicted molar refractivity (Wildman–Crippen MR) is 74.2 cm³/mol. The third kappa shape index (κ3) is 4.91. The quantitative estimate of drug-likeness (QED) is 0.872. The second-order valence-corrected chi connectivity index (χ2v) is 4.92. The third-order valence-electron chi connectivity index (χ3n) is 2.87. The first-order chi connectivity index (χ1) is 8.93. The summed E-state index contributed by atoms with van der Waals surface area (Å²) in [5.41, 5.74) is 0.972. The number of rotatable bonds is 6. The van der Waals surface area contributed by atoms with Crippen molar-refractivity contribution in [2.75, 3.05) is 13.1 Å². The molecule has 0 bridgehead atoms. The molecule has 0 spiro atoms. The first-order valence-electron chi connectivity index (χ1n) is 6.19. The summed E-state index contributed by atoms with van der Waals surface area (Å²) in [7, 11) is 0. The Morgan fingerprint density at radius 1 is 1.42 bits per heavy atom. The smallest absolute Gasteiger partial charge is 0.323 e. The Morgan fingerprint density at radius 3 is 2.63 bits per heavy atom. The van der Waals surface area contributed by atoms with E-state index in [0.29, 0.717) is 18.0 Å². The maximum atomic E-state index is 12.1. The molecule has 0 aromatic heterocycles. The van der Waals surface area contributed by atoms with Crippen molar-refractivity contribution in [3.8, 4) is 0 Å². The van der Waals surface area contributed by atoms with Crippen LogP contribution in [0.3, 0.4) is 0 Å². The van der Waals surface area contributed by atoms with Gasteiger partial charge in [-0.2, -0.15) is 0 Å². The molecule has 19 heavy (non-hydrogen) atoms. The molecular formula is C14H18ClNO3. The monoisotopic (exact) mass is 283 g/mol. The third-order valence-corrected chi connectivity index (χ3v) is 3.11. The van der Waals surface area contributed by atoms with E-state index >= 15 is 0 Å². The number of carboxylic acids is 1. The first kappa shape index (κ1) is 15.5. The molecule has 0 saturated carbocycles. The minimum atomic E-state index is -0.995. The van der Waals surface area contributed by atoms with Crippen molar-refractivity contribution in [3.05, 3.63) is 34.9 Å². The number of benzene rings is 1. The maximum absolute atomic E-state index is 12.1. The van der Waals surface area contributed by atoms with Crippen molar-refractivity contribution in [2.45, 2.75) is 20.3 Å². The fraction of sp³-hybridized carbons (Fsp3) is 0.429. The molecule has 1 aromatic carbocycles. The van der Waals surface area contributed by atoms with Crippen molar-refractivity contribution >= 4 is 23.5 Å². The Balaban J connectivity index is 2.68. The molecule has 1 rings (SSSR count). The molecule has 5 heteroatoms. The Bertz CT molecular complexity index is 462. The van der Waals surface area contributed by atoms with Crippen LogP contribution in [0.1, 0.15) is 19.4 Å². The Hall–Kier alpha value is -1.55. The Labute approximate surface area is 118 Å². The van der Waals surface area contributed by atoms with E-state index in [2.05, 4.69) is 0 Å². The molecule has 104 valence electrons. The van der Waals surface area contributed by atoms with Crippen molar-refractivity contribution in [2.24, 2.45) is 5.92 Å². The topological polar surface area (TPSA) is 57.6 Å². The van der Waals surface area contributed by atoms with Crippen molar-refractivity contribution in [1.82, 2.24) is 4.90 Å². The molecule has 0 saturated heterocycles. The van der Waals surface area contributed by atoms with E-state index in [0.717, 1.165) is 5.56 Å². The lowest BCUT2D eigenvalue weighted by Gasteiger charge is -2.22. The average Bonchev–Trinajstić information content (AvgIpc) is 2.34. The van der Waals surface area contributed by atoms with E-state index in [-0.39, 0.29) is 18.4 Å². The van der Waals surface area contributed by atoms with Gasteiger partial charge in [-0.05, 0) is 31.0 Å². The lowest BCUT2D eigenvalue weighted by atomic mass is 10.00. The fourth-order valence-corrected chi connectivity index (χ4v) is 2.14. The van der Waals surface area contributed by atoms with Crippen LogP contribution in [-0.2, 0) is 16.0 Å². The highest BCUT2D eigenvalue weighted by Gasteiger charge is 2.21. The minimum absolute atomic E-state index is 0.148. The Morgan fingerprint density at radius 2 is 2.11 bits per heavy atom. The molecule has 0 heterocycles. The first-order valence-corrected chi connectivity index (χ1v) is 6.56. The number of carbonyl (C=O) groups is 2. The molecule has 0 radical (unpaired) electrons. The lowest BCUT2D eigenvalue weighted by molar-refractivity contribution is -0.145. The molecule has 0 aliphatic carbocycles. The average molecular weight is 284 g/mol. The van der Waals surface area contributed by atoms with Gasteiger partial charge in [0, 0.05) is 17.5 Å². The maximum Gasteiger partial charge on any atom is 0.323 e. The van der Waals surface area contributed by atoms with Gasteiger partial charge >= 0.3 is 5.97 Å². The summed E-state index contributed by atoms with van der Waals surface area (Å²) in [4.78, 5) is 24.2. The van der Waals surface area contributed by atoms with Gasteiger partial charge in [-0.1, -0.05) is 30.7 Å². The zero-order chi connectivity index (χ0) is 14.4. The van der Waals surface area contributed by atoms with Crippen LogP contribution >= 0.6 is 11.6 Å². The largest absolute Gasteiger partial charge is 0.480 e. The van der Waals surface area contributed by atoms with E-state index in [1.165, 1.54) is 4.90 Å². The molecule has 1 aromatic rings. The van der Waals surface area contributed by atoms with Crippen LogP contribution in [0.2, 0.25) is 5.02 Å². The van der Waals surface area contributed by atoms with Crippen molar-refractivity contribution in [3.63, 3.8) is 0 Å². The van der Waals surface area contributed by atoms with Gasteiger partial charge in [-0.15, -0.1) is 0 Å². The zero-order valence-corrected chi connectivity index (χ0v) is 11.9. The summed E-state index contributed by atoms with van der Waals surface area (Å²) < 4.78 is 0. The molecule has 4 nitrogen and oxygen atoms in total. The standard InChI is InChI=1S/C14H18ClNO3/c1-3-16(9-13(17)18)14(19)10(2)7-11-5-4-6-12(15)8-11/h4-6,8,10H,3,7,9H2,1-2H3,(H,17,18). The van der Waals surface area contributed by atoms with Gasteiger partial charge in [0.25, 0.3) is 0 Å². The number of amides is 1. The van der Waals surface area contributed by atoms with E-state index in [1.807, 2.05) is 18.2 Å². The number of nitrogens with zero attached hydrogens (tertiary/aromatic N) is 1. The highest BCUT2D eigenvalue weighted by Crippen LogP contribution is 2.16. The Kier molecular flexibility index (Phi) is 5.83. The van der Waals surface area contributed by atoms with Gasteiger partial charge in [0.15, 0.2) is 0 Å². The summed E-state index contributed by atoms with van der Waals surface area (Å²) in [6, 6.07) is 7.34. The van der Waals surface area contributed by atoms with Gasteiger partial charge in [0.05, 0.1) is 0 Å². The summed E-state index contributed by atoms with van der Waals surface area (Å²) in [6.07, 6.45) is 0.551. The molecule has 0 aliphatic rings. The highest BCUT2D eigenvalue weighted by atomic mass is 35.5. The molecule has 1 amide bonds. The van der Waals surface area contributed by atoms with Crippen LogP contribution < -0.4 is 0 Å². The van der Waals surface area contributed by atoms with Gasteiger partial charge in [-0.3, -0.25) is 9.59 Å². The van der Waals surface area contributed by atoms with E-state index in [1.54, 1.807) is 19.9 Å². The SMILES string of the molecule is CCN(CC(=O)O)C(=O)C(C)Cc1cccc(Cl)c1.